The van der Waals surface area contributed by atoms with Crippen LogP contribution in [-0.4, -0.2) is 28.6 Å². The lowest BCUT2D eigenvalue weighted by Crippen LogP contribution is -2.43. The SMILES string of the molecule is CC1CC(C(=O)O)CCN1C(C)c1ccc(C#N)cc1. The van der Waals surface area contributed by atoms with Crippen molar-refractivity contribution in [2.24, 2.45) is 5.92 Å². The van der Waals surface area contributed by atoms with Crippen molar-refractivity contribution in [1.29, 1.82) is 5.26 Å². The molecule has 3 unspecified atom stereocenters. The number of nitriles is 1. The van der Waals surface area contributed by atoms with Crippen LogP contribution in [-0.2, 0) is 4.79 Å². The molecule has 20 heavy (non-hydrogen) atoms. The highest BCUT2D eigenvalue weighted by molar-refractivity contribution is 5.70. The summed E-state index contributed by atoms with van der Waals surface area (Å²) in [6, 6.07) is 10.3. The van der Waals surface area contributed by atoms with Crippen molar-refractivity contribution in [1.82, 2.24) is 4.90 Å². The van der Waals surface area contributed by atoms with Gasteiger partial charge in [0.25, 0.3) is 0 Å². The first-order chi connectivity index (χ1) is 9.52. The maximum atomic E-state index is 11.1. The lowest BCUT2D eigenvalue weighted by atomic mass is 9.89. The summed E-state index contributed by atoms with van der Waals surface area (Å²) in [4.78, 5) is 13.4. The molecule has 1 aliphatic heterocycles. The van der Waals surface area contributed by atoms with Crippen LogP contribution in [0.2, 0.25) is 0 Å². The normalized spacial score (nSPS) is 24.9. The van der Waals surface area contributed by atoms with E-state index in [1.165, 1.54) is 5.56 Å². The van der Waals surface area contributed by atoms with Gasteiger partial charge in [0.05, 0.1) is 17.6 Å². The number of carboxylic acids is 1. The molecular weight excluding hydrogens is 252 g/mol. The Bertz CT molecular complexity index is 518. The van der Waals surface area contributed by atoms with Crippen LogP contribution in [0.25, 0.3) is 0 Å². The molecule has 2 rings (SSSR count). The number of hydrogen-bond donors (Lipinski definition) is 1. The molecule has 1 saturated heterocycles. The monoisotopic (exact) mass is 272 g/mol. The Morgan fingerprint density at radius 2 is 2.10 bits per heavy atom. The van der Waals surface area contributed by atoms with E-state index in [2.05, 4.69) is 24.8 Å². The first-order valence-electron chi connectivity index (χ1n) is 7.01. The zero-order valence-electron chi connectivity index (χ0n) is 11.9. The number of carboxylic acid groups (broad SMARTS) is 1. The van der Waals surface area contributed by atoms with E-state index in [4.69, 9.17) is 10.4 Å². The van der Waals surface area contributed by atoms with Crippen molar-refractivity contribution >= 4 is 5.97 Å². The minimum Gasteiger partial charge on any atom is -0.481 e. The zero-order valence-corrected chi connectivity index (χ0v) is 11.9. The van der Waals surface area contributed by atoms with Crippen LogP contribution in [0.1, 0.15) is 43.9 Å². The summed E-state index contributed by atoms with van der Waals surface area (Å²) >= 11 is 0. The third-order valence-electron chi connectivity index (χ3n) is 4.30. The molecule has 1 N–H and O–H groups in total. The second kappa shape index (κ2) is 6.06. The summed E-state index contributed by atoms with van der Waals surface area (Å²) < 4.78 is 0. The molecule has 0 saturated carbocycles. The van der Waals surface area contributed by atoms with Crippen molar-refractivity contribution in [3.05, 3.63) is 35.4 Å². The van der Waals surface area contributed by atoms with Gasteiger partial charge in [0.2, 0.25) is 0 Å². The molecule has 0 amide bonds. The predicted molar refractivity (Wildman–Crippen MR) is 76.1 cm³/mol. The fourth-order valence-electron chi connectivity index (χ4n) is 3.02. The molecule has 1 aromatic rings. The Labute approximate surface area is 119 Å². The molecule has 4 heteroatoms. The van der Waals surface area contributed by atoms with Crippen LogP contribution >= 0.6 is 0 Å². The number of hydrogen-bond acceptors (Lipinski definition) is 3. The lowest BCUT2D eigenvalue weighted by molar-refractivity contribution is -0.144. The van der Waals surface area contributed by atoms with Crippen molar-refractivity contribution in [3.8, 4) is 6.07 Å². The molecule has 0 radical (unpaired) electrons. The highest BCUT2D eigenvalue weighted by Crippen LogP contribution is 2.31. The first kappa shape index (κ1) is 14.5. The highest BCUT2D eigenvalue weighted by Gasteiger charge is 2.32. The molecule has 0 aliphatic carbocycles. The molecule has 3 atom stereocenters. The van der Waals surface area contributed by atoms with E-state index < -0.39 is 5.97 Å². The molecular formula is C16H20N2O2. The lowest BCUT2D eigenvalue weighted by Gasteiger charge is -2.40. The minimum absolute atomic E-state index is 0.214. The minimum atomic E-state index is -0.678. The van der Waals surface area contributed by atoms with Gasteiger partial charge in [0.15, 0.2) is 0 Å². The Hall–Kier alpha value is -1.86. The van der Waals surface area contributed by atoms with Gasteiger partial charge in [-0.25, -0.2) is 0 Å². The van der Waals surface area contributed by atoms with Crippen LogP contribution < -0.4 is 0 Å². The van der Waals surface area contributed by atoms with Gasteiger partial charge in [0.1, 0.15) is 0 Å². The van der Waals surface area contributed by atoms with E-state index in [0.29, 0.717) is 18.4 Å². The first-order valence-corrected chi connectivity index (χ1v) is 7.01. The summed E-state index contributed by atoms with van der Waals surface area (Å²) in [6.45, 7) is 5.04. The van der Waals surface area contributed by atoms with Crippen LogP contribution in [0.15, 0.2) is 24.3 Å². The van der Waals surface area contributed by atoms with Gasteiger partial charge in [0, 0.05) is 12.1 Å². The van der Waals surface area contributed by atoms with Gasteiger partial charge < -0.3 is 5.11 Å². The molecule has 0 aromatic heterocycles. The number of aliphatic carboxylic acids is 1. The number of rotatable bonds is 3. The molecule has 1 fully saturated rings. The average molecular weight is 272 g/mol. The summed E-state index contributed by atoms with van der Waals surface area (Å²) in [5.41, 5.74) is 1.84. The highest BCUT2D eigenvalue weighted by atomic mass is 16.4. The van der Waals surface area contributed by atoms with Crippen molar-refractivity contribution < 1.29 is 9.90 Å². The topological polar surface area (TPSA) is 64.3 Å². The summed E-state index contributed by atoms with van der Waals surface area (Å²) in [6.07, 6.45) is 1.41. The average Bonchev–Trinajstić information content (AvgIpc) is 2.46. The fourth-order valence-corrected chi connectivity index (χ4v) is 3.02. The number of benzene rings is 1. The Morgan fingerprint density at radius 1 is 1.45 bits per heavy atom. The van der Waals surface area contributed by atoms with E-state index in [-0.39, 0.29) is 18.0 Å². The van der Waals surface area contributed by atoms with Gasteiger partial charge in [-0.2, -0.15) is 5.26 Å². The van der Waals surface area contributed by atoms with Crippen LogP contribution in [0.5, 0.6) is 0 Å². The van der Waals surface area contributed by atoms with Gasteiger partial charge in [-0.1, -0.05) is 12.1 Å². The second-order valence-electron chi connectivity index (χ2n) is 5.56. The molecule has 106 valence electrons. The number of carbonyl (C=O) groups is 1. The van der Waals surface area contributed by atoms with E-state index >= 15 is 0 Å². The van der Waals surface area contributed by atoms with E-state index in [1.54, 1.807) is 0 Å². The summed E-state index contributed by atoms with van der Waals surface area (Å²) in [7, 11) is 0. The van der Waals surface area contributed by atoms with Crippen LogP contribution in [0.3, 0.4) is 0 Å². The third-order valence-corrected chi connectivity index (χ3v) is 4.30. The van der Waals surface area contributed by atoms with Crippen LogP contribution in [0, 0.1) is 17.2 Å². The van der Waals surface area contributed by atoms with E-state index in [0.717, 1.165) is 6.54 Å². The van der Waals surface area contributed by atoms with E-state index in [1.807, 2.05) is 24.3 Å². The van der Waals surface area contributed by atoms with E-state index in [9.17, 15) is 4.79 Å². The summed E-state index contributed by atoms with van der Waals surface area (Å²) in [5.74, 6) is -0.892. The van der Waals surface area contributed by atoms with Crippen molar-refractivity contribution in [3.63, 3.8) is 0 Å². The van der Waals surface area contributed by atoms with Crippen molar-refractivity contribution in [2.45, 2.75) is 38.8 Å². The maximum absolute atomic E-state index is 11.1. The van der Waals surface area contributed by atoms with Gasteiger partial charge in [-0.05, 0) is 50.9 Å². The standard InChI is InChI=1S/C16H20N2O2/c1-11-9-15(16(19)20)7-8-18(11)12(2)14-5-3-13(10-17)4-6-14/h3-6,11-12,15H,7-9H2,1-2H3,(H,19,20). The van der Waals surface area contributed by atoms with Gasteiger partial charge in [-0.3, -0.25) is 9.69 Å². The summed E-state index contributed by atoms with van der Waals surface area (Å²) in [5, 5.41) is 17.9. The quantitative estimate of drug-likeness (QED) is 0.919. The fraction of sp³-hybridized carbons (Fsp3) is 0.500. The molecule has 1 aromatic carbocycles. The Balaban J connectivity index is 2.07. The largest absolute Gasteiger partial charge is 0.481 e. The van der Waals surface area contributed by atoms with Gasteiger partial charge >= 0.3 is 5.97 Å². The van der Waals surface area contributed by atoms with Crippen LogP contribution in [0.4, 0.5) is 0 Å². The number of piperidine rings is 1. The van der Waals surface area contributed by atoms with Gasteiger partial charge in [-0.15, -0.1) is 0 Å². The Kier molecular flexibility index (Phi) is 4.41. The molecule has 1 heterocycles. The number of likely N-dealkylation sites (tertiary alicyclic amines) is 1. The smallest absolute Gasteiger partial charge is 0.306 e. The zero-order chi connectivity index (χ0) is 14.7. The molecule has 0 spiro atoms. The molecule has 4 nitrogen and oxygen atoms in total. The predicted octanol–water partition coefficient (Wildman–Crippen LogP) is 2.80. The Morgan fingerprint density at radius 3 is 2.60 bits per heavy atom. The third kappa shape index (κ3) is 3.00. The maximum Gasteiger partial charge on any atom is 0.306 e. The molecule has 0 bridgehead atoms. The number of nitrogens with zero attached hydrogens (tertiary/aromatic N) is 2. The van der Waals surface area contributed by atoms with Crippen molar-refractivity contribution in [2.75, 3.05) is 6.54 Å². The second-order valence-corrected chi connectivity index (χ2v) is 5.56. The molecule has 1 aliphatic rings.